The average Bonchev–Trinajstić information content (AvgIpc) is 2.10. The van der Waals surface area contributed by atoms with Crippen molar-refractivity contribution in [3.63, 3.8) is 0 Å². The zero-order valence-corrected chi connectivity index (χ0v) is 7.61. The molecule has 0 fully saturated rings. The van der Waals surface area contributed by atoms with E-state index in [-0.39, 0.29) is 0 Å². The van der Waals surface area contributed by atoms with Crippen LogP contribution in [-0.2, 0) is 4.79 Å². The standard InChI is InChI=1S/C8H16BFNO/c1-2-4-9-5-3-6-11-8(12)7-10/h2-7H2,1H3,(H,11,12). The van der Waals surface area contributed by atoms with Crippen LogP contribution in [0.4, 0.5) is 4.39 Å². The number of hydrogen-bond donors (Lipinski definition) is 1. The van der Waals surface area contributed by atoms with Crippen LogP contribution < -0.4 is 5.32 Å². The summed E-state index contributed by atoms with van der Waals surface area (Å²) in [6, 6.07) is 0. The number of rotatable bonds is 7. The smallest absolute Gasteiger partial charge is 0.251 e. The van der Waals surface area contributed by atoms with E-state index in [9.17, 15) is 9.18 Å². The summed E-state index contributed by atoms with van der Waals surface area (Å²) in [5.74, 6) is -0.509. The molecule has 0 aromatic rings. The third-order valence-electron chi connectivity index (χ3n) is 1.52. The summed E-state index contributed by atoms with van der Waals surface area (Å²) in [5, 5.41) is 2.48. The zero-order chi connectivity index (χ0) is 9.23. The number of nitrogens with one attached hydrogen (secondary N) is 1. The fourth-order valence-electron chi connectivity index (χ4n) is 0.870. The Morgan fingerprint density at radius 1 is 1.50 bits per heavy atom. The Hall–Kier alpha value is -0.535. The molecule has 0 aliphatic heterocycles. The van der Waals surface area contributed by atoms with Gasteiger partial charge < -0.3 is 5.32 Å². The van der Waals surface area contributed by atoms with E-state index in [0.717, 1.165) is 25.5 Å². The molecule has 0 aromatic heterocycles. The monoisotopic (exact) mass is 172 g/mol. The van der Waals surface area contributed by atoms with E-state index in [2.05, 4.69) is 19.5 Å². The maximum atomic E-state index is 11.6. The van der Waals surface area contributed by atoms with Crippen molar-refractivity contribution in [2.75, 3.05) is 13.2 Å². The normalized spacial score (nSPS) is 9.50. The summed E-state index contributed by atoms with van der Waals surface area (Å²) in [7, 11) is 2.20. The highest BCUT2D eigenvalue weighted by molar-refractivity contribution is 6.35. The lowest BCUT2D eigenvalue weighted by Crippen LogP contribution is -2.25. The van der Waals surface area contributed by atoms with Gasteiger partial charge in [0.05, 0.1) is 0 Å². The van der Waals surface area contributed by atoms with Crippen molar-refractivity contribution in [2.45, 2.75) is 32.4 Å². The molecule has 0 atom stereocenters. The van der Waals surface area contributed by atoms with Crippen LogP contribution in [0, 0.1) is 0 Å². The van der Waals surface area contributed by atoms with Gasteiger partial charge in [0, 0.05) is 6.54 Å². The van der Waals surface area contributed by atoms with Crippen molar-refractivity contribution >= 4 is 13.2 Å². The van der Waals surface area contributed by atoms with Gasteiger partial charge in [-0.2, -0.15) is 0 Å². The molecule has 0 aromatic carbocycles. The molecular formula is C8H16BFNO. The molecule has 1 N–H and O–H groups in total. The van der Waals surface area contributed by atoms with E-state index in [1.165, 1.54) is 0 Å². The number of alkyl halides is 1. The third kappa shape index (κ3) is 7.57. The highest BCUT2D eigenvalue weighted by atomic mass is 19.1. The van der Waals surface area contributed by atoms with E-state index in [1.54, 1.807) is 0 Å². The van der Waals surface area contributed by atoms with Crippen molar-refractivity contribution in [2.24, 2.45) is 0 Å². The lowest BCUT2D eigenvalue weighted by atomic mass is 9.69. The second-order valence-electron chi connectivity index (χ2n) is 2.70. The minimum atomic E-state index is -0.904. The first-order valence-corrected chi connectivity index (χ1v) is 4.45. The fourth-order valence-corrected chi connectivity index (χ4v) is 0.870. The van der Waals surface area contributed by atoms with Gasteiger partial charge in [0.25, 0.3) is 5.91 Å². The van der Waals surface area contributed by atoms with Crippen LogP contribution in [0.2, 0.25) is 12.6 Å². The van der Waals surface area contributed by atoms with E-state index in [1.807, 2.05) is 0 Å². The Labute approximate surface area is 74.2 Å². The lowest BCUT2D eigenvalue weighted by Gasteiger charge is -2.00. The molecule has 0 unspecified atom stereocenters. The first kappa shape index (κ1) is 11.5. The first-order valence-electron chi connectivity index (χ1n) is 4.45. The SMILES string of the molecule is CCC[B]CCCNC(=O)CF. The quantitative estimate of drug-likeness (QED) is 0.456. The van der Waals surface area contributed by atoms with E-state index in [0.29, 0.717) is 6.54 Å². The van der Waals surface area contributed by atoms with Gasteiger partial charge in [-0.1, -0.05) is 26.0 Å². The second-order valence-corrected chi connectivity index (χ2v) is 2.70. The predicted molar refractivity (Wildman–Crippen MR) is 49.3 cm³/mol. The fraction of sp³-hybridized carbons (Fsp3) is 0.875. The topological polar surface area (TPSA) is 29.1 Å². The minimum absolute atomic E-state index is 0.509. The molecule has 1 radical (unpaired) electrons. The number of carbonyl (C=O) groups excluding carboxylic acids is 1. The van der Waals surface area contributed by atoms with Crippen LogP contribution >= 0.6 is 0 Å². The van der Waals surface area contributed by atoms with Crippen LogP contribution in [0.3, 0.4) is 0 Å². The van der Waals surface area contributed by atoms with E-state index < -0.39 is 12.6 Å². The Morgan fingerprint density at radius 3 is 2.83 bits per heavy atom. The van der Waals surface area contributed by atoms with Gasteiger partial charge in [0.2, 0.25) is 0 Å². The molecule has 0 aliphatic rings. The third-order valence-corrected chi connectivity index (χ3v) is 1.52. The minimum Gasteiger partial charge on any atom is -0.354 e. The molecule has 0 saturated carbocycles. The van der Waals surface area contributed by atoms with E-state index in [4.69, 9.17) is 0 Å². The molecule has 69 valence electrons. The predicted octanol–water partition coefficient (Wildman–Crippen LogP) is 1.41. The van der Waals surface area contributed by atoms with Crippen LogP contribution in [-0.4, -0.2) is 26.4 Å². The molecular weight excluding hydrogens is 156 g/mol. The molecule has 4 heteroatoms. The number of hydrogen-bond acceptors (Lipinski definition) is 1. The summed E-state index contributed by atoms with van der Waals surface area (Å²) in [4.78, 5) is 10.4. The van der Waals surface area contributed by atoms with Crippen molar-refractivity contribution in [1.29, 1.82) is 0 Å². The molecule has 0 saturated heterocycles. The maximum absolute atomic E-state index is 11.6. The summed E-state index contributed by atoms with van der Waals surface area (Å²) >= 11 is 0. The Morgan fingerprint density at radius 2 is 2.25 bits per heavy atom. The number of amides is 1. The van der Waals surface area contributed by atoms with Gasteiger partial charge in [-0.05, 0) is 6.42 Å². The molecule has 2 nitrogen and oxygen atoms in total. The van der Waals surface area contributed by atoms with Gasteiger partial charge in [-0.3, -0.25) is 4.79 Å². The average molecular weight is 172 g/mol. The molecule has 0 rings (SSSR count). The summed E-state index contributed by atoms with van der Waals surface area (Å²) in [6.07, 6.45) is 4.19. The lowest BCUT2D eigenvalue weighted by molar-refractivity contribution is -0.121. The molecule has 12 heavy (non-hydrogen) atoms. The van der Waals surface area contributed by atoms with Crippen molar-refractivity contribution in [3.8, 4) is 0 Å². The van der Waals surface area contributed by atoms with Gasteiger partial charge in [0.1, 0.15) is 7.28 Å². The zero-order valence-electron chi connectivity index (χ0n) is 7.61. The van der Waals surface area contributed by atoms with Crippen molar-refractivity contribution in [3.05, 3.63) is 0 Å². The van der Waals surface area contributed by atoms with Crippen LogP contribution in [0.25, 0.3) is 0 Å². The van der Waals surface area contributed by atoms with Gasteiger partial charge >= 0.3 is 0 Å². The molecule has 0 heterocycles. The highest BCUT2D eigenvalue weighted by Gasteiger charge is 1.96. The molecule has 0 aliphatic carbocycles. The van der Waals surface area contributed by atoms with Gasteiger partial charge in [-0.25, -0.2) is 4.39 Å². The molecule has 0 bridgehead atoms. The highest BCUT2D eigenvalue weighted by Crippen LogP contribution is 1.93. The van der Waals surface area contributed by atoms with Crippen LogP contribution in [0.15, 0.2) is 0 Å². The van der Waals surface area contributed by atoms with Gasteiger partial charge in [0.15, 0.2) is 6.67 Å². The summed E-state index contributed by atoms with van der Waals surface area (Å²) in [6.45, 7) is 1.81. The van der Waals surface area contributed by atoms with Crippen LogP contribution in [0.5, 0.6) is 0 Å². The molecule has 0 spiro atoms. The largest absolute Gasteiger partial charge is 0.354 e. The Bertz CT molecular complexity index is 122. The second kappa shape index (κ2) is 8.56. The van der Waals surface area contributed by atoms with Gasteiger partial charge in [-0.15, -0.1) is 0 Å². The number of halogens is 1. The first-order chi connectivity index (χ1) is 5.81. The molecule has 1 amide bonds. The van der Waals surface area contributed by atoms with E-state index >= 15 is 0 Å². The summed E-state index contributed by atoms with van der Waals surface area (Å²) < 4.78 is 11.6. The van der Waals surface area contributed by atoms with Crippen molar-refractivity contribution < 1.29 is 9.18 Å². The Kier molecular flexibility index (Phi) is 8.18. The maximum Gasteiger partial charge on any atom is 0.251 e. The number of carbonyl (C=O) groups is 1. The van der Waals surface area contributed by atoms with Crippen LogP contribution in [0.1, 0.15) is 19.8 Å². The summed E-state index contributed by atoms with van der Waals surface area (Å²) in [5.41, 5.74) is 0. The van der Waals surface area contributed by atoms with Crippen molar-refractivity contribution in [1.82, 2.24) is 5.32 Å². The Balaban J connectivity index is 2.95.